The standard InChI is InChI=1S/C19H22ClF2N7S2/c1-19(3-4-19)27-31-11-9-12(28-7-2-5-23-6-8-28)13-14(20)24-16(29(13)10-11)18-26-25-17(30-18)15(21)22/h9-10,15,23,27H,2-8H2,1H3. The molecule has 2 fully saturated rings. The molecular formula is C19H22ClF2N7S2. The molecular weight excluding hydrogens is 464 g/mol. The van der Waals surface area contributed by atoms with Crippen molar-refractivity contribution in [3.8, 4) is 10.8 Å². The van der Waals surface area contributed by atoms with Crippen LogP contribution in [0.4, 0.5) is 14.5 Å². The molecule has 2 aliphatic rings. The SMILES string of the molecule is CC1(NSc2cc(N3CCCNCC3)c3c(Cl)nc(-c4nnc(C(F)F)s4)n3c2)CC1. The zero-order valence-electron chi connectivity index (χ0n) is 16.9. The molecule has 0 aromatic carbocycles. The molecule has 1 saturated heterocycles. The number of nitrogens with one attached hydrogen (secondary N) is 2. The van der Waals surface area contributed by atoms with Crippen LogP contribution in [0.5, 0.6) is 0 Å². The monoisotopic (exact) mass is 485 g/mol. The zero-order valence-corrected chi connectivity index (χ0v) is 19.3. The number of halogens is 3. The van der Waals surface area contributed by atoms with Crippen LogP contribution in [-0.2, 0) is 0 Å². The van der Waals surface area contributed by atoms with Crippen LogP contribution in [0, 0.1) is 0 Å². The van der Waals surface area contributed by atoms with E-state index in [0.29, 0.717) is 16.0 Å². The molecule has 3 aromatic heterocycles. The Kier molecular flexibility index (Phi) is 5.80. The molecule has 2 N–H and O–H groups in total. The average Bonchev–Trinajstić information content (AvgIpc) is 3.25. The largest absolute Gasteiger partial charge is 0.368 e. The third-order valence-corrected chi connectivity index (χ3v) is 7.81. The number of fused-ring (bicyclic) bond motifs is 1. The van der Waals surface area contributed by atoms with E-state index in [1.807, 2.05) is 10.6 Å². The molecule has 5 rings (SSSR count). The lowest BCUT2D eigenvalue weighted by atomic mass is 10.3. The molecule has 0 unspecified atom stereocenters. The Morgan fingerprint density at radius 1 is 1.29 bits per heavy atom. The molecule has 1 aliphatic carbocycles. The summed E-state index contributed by atoms with van der Waals surface area (Å²) in [4.78, 5) is 7.80. The van der Waals surface area contributed by atoms with Crippen LogP contribution in [0.25, 0.3) is 16.3 Å². The Bertz CT molecular complexity index is 1090. The van der Waals surface area contributed by atoms with Crippen LogP contribution < -0.4 is 14.9 Å². The molecule has 12 heteroatoms. The molecule has 166 valence electrons. The van der Waals surface area contributed by atoms with E-state index in [1.54, 1.807) is 11.9 Å². The highest BCUT2D eigenvalue weighted by atomic mass is 35.5. The molecule has 0 atom stereocenters. The van der Waals surface area contributed by atoms with Gasteiger partial charge in [0, 0.05) is 36.3 Å². The second-order valence-corrected chi connectivity index (χ2v) is 10.4. The molecule has 4 heterocycles. The minimum Gasteiger partial charge on any atom is -0.368 e. The van der Waals surface area contributed by atoms with Gasteiger partial charge in [0.2, 0.25) is 0 Å². The van der Waals surface area contributed by atoms with E-state index in [4.69, 9.17) is 11.6 Å². The summed E-state index contributed by atoms with van der Waals surface area (Å²) in [5.41, 5.74) is 1.90. The van der Waals surface area contributed by atoms with Crippen molar-refractivity contribution in [3.05, 3.63) is 22.4 Å². The number of anilines is 1. The summed E-state index contributed by atoms with van der Waals surface area (Å²) in [6.07, 6.45) is 2.59. The van der Waals surface area contributed by atoms with E-state index in [9.17, 15) is 8.78 Å². The van der Waals surface area contributed by atoms with E-state index in [2.05, 4.69) is 43.1 Å². The summed E-state index contributed by atoms with van der Waals surface area (Å²) < 4.78 is 31.5. The molecule has 0 bridgehead atoms. The van der Waals surface area contributed by atoms with Crippen LogP contribution in [0.3, 0.4) is 0 Å². The molecule has 3 aromatic rings. The number of rotatable bonds is 6. The second-order valence-electron chi connectivity index (χ2n) is 8.11. The fourth-order valence-corrected chi connectivity index (χ4v) is 5.40. The summed E-state index contributed by atoms with van der Waals surface area (Å²) in [7, 11) is 0. The number of pyridine rings is 1. The zero-order chi connectivity index (χ0) is 21.6. The Morgan fingerprint density at radius 2 is 2.13 bits per heavy atom. The van der Waals surface area contributed by atoms with Gasteiger partial charge in [-0.1, -0.05) is 22.9 Å². The van der Waals surface area contributed by atoms with E-state index < -0.39 is 6.43 Å². The Balaban J connectivity index is 1.61. The second kappa shape index (κ2) is 8.43. The normalized spacial score (nSPS) is 18.7. The van der Waals surface area contributed by atoms with Gasteiger partial charge in [-0.05, 0) is 50.7 Å². The number of nitrogens with zero attached hydrogens (tertiary/aromatic N) is 5. The number of imidazole rings is 1. The number of hydrogen-bond acceptors (Lipinski definition) is 8. The Labute approximate surface area is 191 Å². The van der Waals surface area contributed by atoms with Gasteiger partial charge in [0.05, 0.1) is 5.69 Å². The summed E-state index contributed by atoms with van der Waals surface area (Å²) in [6.45, 7) is 5.80. The topological polar surface area (TPSA) is 70.4 Å². The number of hydrogen-bond donors (Lipinski definition) is 2. The Morgan fingerprint density at radius 3 is 2.87 bits per heavy atom. The van der Waals surface area contributed by atoms with Crippen molar-refractivity contribution < 1.29 is 8.78 Å². The minimum atomic E-state index is -2.66. The van der Waals surface area contributed by atoms with Gasteiger partial charge in [0.15, 0.2) is 21.0 Å². The van der Waals surface area contributed by atoms with Gasteiger partial charge in [-0.3, -0.25) is 9.12 Å². The molecule has 0 radical (unpaired) electrons. The van der Waals surface area contributed by atoms with Crippen molar-refractivity contribution in [3.63, 3.8) is 0 Å². The maximum atomic E-state index is 13.1. The van der Waals surface area contributed by atoms with Gasteiger partial charge in [0.25, 0.3) is 6.43 Å². The van der Waals surface area contributed by atoms with Crippen LogP contribution in [-0.4, -0.2) is 51.3 Å². The van der Waals surface area contributed by atoms with Crippen LogP contribution in [0.2, 0.25) is 5.15 Å². The predicted octanol–water partition coefficient (Wildman–Crippen LogP) is 4.39. The van der Waals surface area contributed by atoms with Gasteiger partial charge in [0.1, 0.15) is 5.52 Å². The van der Waals surface area contributed by atoms with Crippen molar-refractivity contribution in [2.45, 2.75) is 43.0 Å². The maximum Gasteiger partial charge on any atom is 0.291 e. The van der Waals surface area contributed by atoms with Crippen molar-refractivity contribution >= 4 is 46.1 Å². The average molecular weight is 486 g/mol. The molecule has 7 nitrogen and oxygen atoms in total. The Hall–Kier alpha value is -1.53. The van der Waals surface area contributed by atoms with Gasteiger partial charge in [-0.25, -0.2) is 13.8 Å². The molecule has 0 spiro atoms. The number of alkyl halides is 2. The third-order valence-electron chi connectivity index (χ3n) is 5.56. The lowest BCUT2D eigenvalue weighted by Crippen LogP contribution is -2.28. The highest BCUT2D eigenvalue weighted by Crippen LogP contribution is 2.40. The van der Waals surface area contributed by atoms with Crippen LogP contribution >= 0.6 is 34.9 Å². The van der Waals surface area contributed by atoms with Crippen LogP contribution in [0.15, 0.2) is 17.2 Å². The number of aromatic nitrogens is 4. The summed E-state index contributed by atoms with van der Waals surface area (Å²) in [5, 5.41) is 11.3. The van der Waals surface area contributed by atoms with E-state index in [0.717, 1.165) is 72.9 Å². The van der Waals surface area contributed by atoms with Gasteiger partial charge in [-0.15, -0.1) is 10.2 Å². The van der Waals surface area contributed by atoms with Crippen molar-refractivity contribution in [2.75, 3.05) is 31.1 Å². The fourth-order valence-electron chi connectivity index (χ4n) is 3.55. The molecule has 1 aliphatic heterocycles. The van der Waals surface area contributed by atoms with E-state index >= 15 is 0 Å². The lowest BCUT2D eigenvalue weighted by molar-refractivity contribution is 0.150. The predicted molar refractivity (Wildman–Crippen MR) is 120 cm³/mol. The van der Waals surface area contributed by atoms with Crippen molar-refractivity contribution in [1.82, 2.24) is 29.6 Å². The first kappa shape index (κ1) is 21.3. The smallest absolute Gasteiger partial charge is 0.291 e. The van der Waals surface area contributed by atoms with Gasteiger partial charge in [-0.2, -0.15) is 0 Å². The van der Waals surface area contributed by atoms with E-state index in [1.165, 1.54) is 0 Å². The van der Waals surface area contributed by atoms with Crippen molar-refractivity contribution in [1.29, 1.82) is 0 Å². The molecule has 31 heavy (non-hydrogen) atoms. The highest BCUT2D eigenvalue weighted by molar-refractivity contribution is 7.97. The maximum absolute atomic E-state index is 13.1. The first-order valence-corrected chi connectivity index (χ1v) is 12.2. The first-order chi connectivity index (χ1) is 14.9. The summed E-state index contributed by atoms with van der Waals surface area (Å²) in [6, 6.07) is 2.13. The van der Waals surface area contributed by atoms with Gasteiger partial charge < -0.3 is 10.2 Å². The third kappa shape index (κ3) is 4.38. The van der Waals surface area contributed by atoms with Crippen molar-refractivity contribution in [2.24, 2.45) is 0 Å². The fraction of sp³-hybridized carbons (Fsp3) is 0.526. The lowest BCUT2D eigenvalue weighted by Gasteiger charge is -2.24. The minimum absolute atomic E-state index is 0.160. The van der Waals surface area contributed by atoms with E-state index in [-0.39, 0.29) is 10.5 Å². The first-order valence-electron chi connectivity index (χ1n) is 10.2. The quantitative estimate of drug-likeness (QED) is 0.502. The summed E-state index contributed by atoms with van der Waals surface area (Å²) in [5.74, 6) is 0.429. The van der Waals surface area contributed by atoms with Crippen LogP contribution in [0.1, 0.15) is 37.6 Å². The van der Waals surface area contributed by atoms with Gasteiger partial charge >= 0.3 is 0 Å². The summed E-state index contributed by atoms with van der Waals surface area (Å²) >= 11 is 9.00. The highest BCUT2D eigenvalue weighted by Gasteiger charge is 2.37. The molecule has 1 saturated carbocycles. The molecule has 0 amide bonds.